The molecule has 0 aromatic carbocycles. The average molecular weight is 296 g/mol. The first-order valence-corrected chi connectivity index (χ1v) is 9.18. The minimum atomic E-state index is 0.345. The van der Waals surface area contributed by atoms with Crippen molar-refractivity contribution in [2.45, 2.75) is 65.3 Å². The van der Waals surface area contributed by atoms with Gasteiger partial charge in [0.2, 0.25) is 0 Å². The zero-order valence-electron chi connectivity index (χ0n) is 14.5. The topological polar surface area (TPSA) is 24.5 Å². The van der Waals surface area contributed by atoms with Gasteiger partial charge in [0, 0.05) is 31.2 Å². The van der Waals surface area contributed by atoms with Crippen LogP contribution < -0.4 is 5.32 Å². The molecule has 0 aromatic rings. The molecular formula is C18H36N2O. The summed E-state index contributed by atoms with van der Waals surface area (Å²) in [6.45, 7) is 13.6. The number of piperidine rings is 1. The Hall–Kier alpha value is -0.120. The molecule has 1 N–H and O–H groups in total. The van der Waals surface area contributed by atoms with Crippen LogP contribution in [-0.4, -0.2) is 50.3 Å². The molecule has 2 heterocycles. The van der Waals surface area contributed by atoms with Crippen molar-refractivity contribution in [3.63, 3.8) is 0 Å². The van der Waals surface area contributed by atoms with Crippen LogP contribution in [0.1, 0.15) is 59.3 Å². The largest absolute Gasteiger partial charge is 0.381 e. The maximum absolute atomic E-state index is 5.89. The Balaban J connectivity index is 1.94. The quantitative estimate of drug-likeness (QED) is 0.780. The molecule has 2 saturated heterocycles. The van der Waals surface area contributed by atoms with Crippen molar-refractivity contribution in [2.75, 3.05) is 39.4 Å². The highest BCUT2D eigenvalue weighted by Crippen LogP contribution is 2.32. The van der Waals surface area contributed by atoms with E-state index in [9.17, 15) is 0 Å². The Kier molecular flexibility index (Phi) is 6.97. The minimum Gasteiger partial charge on any atom is -0.381 e. The lowest BCUT2D eigenvalue weighted by Gasteiger charge is -2.45. The van der Waals surface area contributed by atoms with Crippen molar-refractivity contribution in [1.29, 1.82) is 0 Å². The summed E-state index contributed by atoms with van der Waals surface area (Å²) in [7, 11) is 0. The zero-order valence-corrected chi connectivity index (χ0v) is 14.5. The van der Waals surface area contributed by atoms with Crippen molar-refractivity contribution in [3.8, 4) is 0 Å². The number of nitrogens with zero attached hydrogens (tertiary/aromatic N) is 1. The molecule has 124 valence electrons. The number of hydrogen-bond donors (Lipinski definition) is 1. The second-order valence-electron chi connectivity index (χ2n) is 7.71. The van der Waals surface area contributed by atoms with E-state index in [-0.39, 0.29) is 0 Å². The van der Waals surface area contributed by atoms with E-state index >= 15 is 0 Å². The van der Waals surface area contributed by atoms with E-state index in [1.54, 1.807) is 0 Å². The van der Waals surface area contributed by atoms with Gasteiger partial charge in [-0.3, -0.25) is 4.90 Å². The summed E-state index contributed by atoms with van der Waals surface area (Å²) in [5, 5.41) is 3.71. The van der Waals surface area contributed by atoms with Crippen molar-refractivity contribution in [3.05, 3.63) is 0 Å². The third kappa shape index (κ3) is 5.22. The highest BCUT2D eigenvalue weighted by atomic mass is 16.5. The Morgan fingerprint density at radius 1 is 1.29 bits per heavy atom. The zero-order chi connectivity index (χ0) is 15.1. The highest BCUT2D eigenvalue weighted by molar-refractivity contribution is 4.90. The van der Waals surface area contributed by atoms with Gasteiger partial charge in [-0.2, -0.15) is 0 Å². The summed E-state index contributed by atoms with van der Waals surface area (Å²) in [6.07, 6.45) is 8.05. The molecule has 2 rings (SSSR count). The molecule has 2 atom stereocenters. The molecule has 21 heavy (non-hydrogen) atoms. The van der Waals surface area contributed by atoms with Gasteiger partial charge in [0.15, 0.2) is 0 Å². The van der Waals surface area contributed by atoms with Crippen LogP contribution in [-0.2, 0) is 4.74 Å². The molecule has 3 heteroatoms. The summed E-state index contributed by atoms with van der Waals surface area (Å²) in [5.41, 5.74) is 0.345. The molecule has 2 aliphatic heterocycles. The van der Waals surface area contributed by atoms with E-state index in [4.69, 9.17) is 4.74 Å². The summed E-state index contributed by atoms with van der Waals surface area (Å²) in [6, 6.07) is 0.808. The van der Waals surface area contributed by atoms with Crippen LogP contribution in [0.3, 0.4) is 0 Å². The predicted molar refractivity (Wildman–Crippen MR) is 89.7 cm³/mol. The Morgan fingerprint density at radius 3 is 2.81 bits per heavy atom. The molecule has 2 fully saturated rings. The van der Waals surface area contributed by atoms with Gasteiger partial charge in [-0.1, -0.05) is 27.2 Å². The molecule has 0 aliphatic carbocycles. The maximum Gasteiger partial charge on any atom is 0.0546 e. The summed E-state index contributed by atoms with van der Waals surface area (Å²) in [5.74, 6) is 0.727. The van der Waals surface area contributed by atoms with Gasteiger partial charge in [-0.25, -0.2) is 0 Å². The van der Waals surface area contributed by atoms with Crippen LogP contribution in [0.4, 0.5) is 0 Å². The standard InChI is InChI=1S/C18H36N2O/c1-4-17-8-5-6-10-20(17)14-18(9-7-11-21-15-18)13-19-12-16(2)3/h16-17,19H,4-15H2,1-3H3. The van der Waals surface area contributed by atoms with Crippen molar-refractivity contribution >= 4 is 0 Å². The molecule has 0 aromatic heterocycles. The van der Waals surface area contributed by atoms with E-state index in [0.717, 1.165) is 38.3 Å². The van der Waals surface area contributed by atoms with Crippen molar-refractivity contribution in [2.24, 2.45) is 11.3 Å². The third-order valence-corrected chi connectivity index (χ3v) is 5.22. The monoisotopic (exact) mass is 296 g/mol. The maximum atomic E-state index is 5.89. The van der Waals surface area contributed by atoms with Gasteiger partial charge in [-0.15, -0.1) is 0 Å². The SMILES string of the molecule is CCC1CCCCN1CC1(CNCC(C)C)CCCOC1. The van der Waals surface area contributed by atoms with Crippen LogP contribution in [0.25, 0.3) is 0 Å². The van der Waals surface area contributed by atoms with Gasteiger partial charge in [-0.05, 0) is 51.1 Å². The molecule has 3 nitrogen and oxygen atoms in total. The number of hydrogen-bond acceptors (Lipinski definition) is 3. The second kappa shape index (κ2) is 8.50. The van der Waals surface area contributed by atoms with E-state index in [1.807, 2.05) is 0 Å². The van der Waals surface area contributed by atoms with Crippen LogP contribution in [0.15, 0.2) is 0 Å². The molecule has 2 aliphatic rings. The highest BCUT2D eigenvalue weighted by Gasteiger charge is 2.36. The number of ether oxygens (including phenoxy) is 1. The van der Waals surface area contributed by atoms with Crippen molar-refractivity contribution < 1.29 is 4.74 Å². The number of likely N-dealkylation sites (tertiary alicyclic amines) is 1. The van der Waals surface area contributed by atoms with Gasteiger partial charge in [0.05, 0.1) is 6.61 Å². The van der Waals surface area contributed by atoms with Crippen LogP contribution >= 0.6 is 0 Å². The lowest BCUT2D eigenvalue weighted by Crippen LogP contribution is -2.52. The number of rotatable bonds is 7. The summed E-state index contributed by atoms with van der Waals surface area (Å²) >= 11 is 0. The molecule has 0 amide bonds. The predicted octanol–water partition coefficient (Wildman–Crippen LogP) is 3.29. The first-order chi connectivity index (χ1) is 10.2. The van der Waals surface area contributed by atoms with E-state index in [2.05, 4.69) is 31.0 Å². The van der Waals surface area contributed by atoms with Gasteiger partial charge >= 0.3 is 0 Å². The van der Waals surface area contributed by atoms with E-state index in [0.29, 0.717) is 5.41 Å². The Labute approximate surface area is 131 Å². The summed E-state index contributed by atoms with van der Waals surface area (Å²) < 4.78 is 5.89. The Morgan fingerprint density at radius 2 is 2.14 bits per heavy atom. The first-order valence-electron chi connectivity index (χ1n) is 9.18. The first kappa shape index (κ1) is 17.2. The molecule has 0 saturated carbocycles. The molecule has 0 radical (unpaired) electrons. The Bertz CT molecular complexity index is 287. The lowest BCUT2D eigenvalue weighted by atomic mass is 9.80. The smallest absolute Gasteiger partial charge is 0.0546 e. The van der Waals surface area contributed by atoms with Gasteiger partial charge in [0.1, 0.15) is 0 Å². The molecule has 2 unspecified atom stereocenters. The fourth-order valence-electron chi connectivity index (χ4n) is 4.02. The minimum absolute atomic E-state index is 0.345. The number of nitrogens with one attached hydrogen (secondary N) is 1. The van der Waals surface area contributed by atoms with Crippen LogP contribution in [0.5, 0.6) is 0 Å². The van der Waals surface area contributed by atoms with Gasteiger partial charge < -0.3 is 10.1 Å². The van der Waals surface area contributed by atoms with Crippen LogP contribution in [0.2, 0.25) is 0 Å². The van der Waals surface area contributed by atoms with Gasteiger partial charge in [0.25, 0.3) is 0 Å². The average Bonchev–Trinajstić information content (AvgIpc) is 2.48. The lowest BCUT2D eigenvalue weighted by molar-refractivity contribution is -0.0381. The van der Waals surface area contributed by atoms with Crippen LogP contribution in [0, 0.1) is 11.3 Å². The summed E-state index contributed by atoms with van der Waals surface area (Å²) in [4.78, 5) is 2.77. The second-order valence-corrected chi connectivity index (χ2v) is 7.71. The molecular weight excluding hydrogens is 260 g/mol. The molecule has 0 spiro atoms. The normalized spacial score (nSPS) is 31.7. The third-order valence-electron chi connectivity index (χ3n) is 5.22. The van der Waals surface area contributed by atoms with E-state index in [1.165, 1.54) is 51.6 Å². The van der Waals surface area contributed by atoms with E-state index < -0.39 is 0 Å². The van der Waals surface area contributed by atoms with Crippen molar-refractivity contribution in [1.82, 2.24) is 10.2 Å². The molecule has 0 bridgehead atoms. The fourth-order valence-corrected chi connectivity index (χ4v) is 4.02. The fraction of sp³-hybridized carbons (Fsp3) is 1.00.